The third-order valence-corrected chi connectivity index (χ3v) is 8.77. The molecule has 0 bridgehead atoms. The fraction of sp³-hybridized carbons (Fsp3) is 0.111. The number of rotatable bonds is 5. The highest BCUT2D eigenvalue weighted by atomic mass is 15.1. The van der Waals surface area contributed by atoms with Gasteiger partial charge in [0, 0.05) is 38.9 Å². The Morgan fingerprint density at radius 2 is 1.22 bits per heavy atom. The molecule has 0 unspecified atom stereocenters. The van der Waals surface area contributed by atoms with Crippen LogP contribution in [0.15, 0.2) is 152 Å². The minimum atomic E-state index is -3.45. The van der Waals surface area contributed by atoms with Gasteiger partial charge >= 0.3 is 0 Å². The van der Waals surface area contributed by atoms with E-state index in [9.17, 15) is 1.37 Å². The van der Waals surface area contributed by atoms with E-state index in [0.29, 0.717) is 17.1 Å². The van der Waals surface area contributed by atoms with Gasteiger partial charge in [0.25, 0.3) is 0 Å². The molecule has 8 rings (SSSR count). The zero-order chi connectivity index (χ0) is 43.2. The summed E-state index contributed by atoms with van der Waals surface area (Å²) in [6, 6.07) is 41.8. The predicted octanol–water partition coefficient (Wildman–Crippen LogP) is 12.6. The van der Waals surface area contributed by atoms with Gasteiger partial charge in [0.2, 0.25) is 0 Å². The zero-order valence-electron chi connectivity index (χ0n) is 38.7. The van der Waals surface area contributed by atoms with E-state index in [-0.39, 0.29) is 11.1 Å². The van der Waals surface area contributed by atoms with Crippen LogP contribution in [0.4, 0.5) is 17.1 Å². The largest absolute Gasteiger partial charge is 0.310 e. The van der Waals surface area contributed by atoms with Crippen LogP contribution in [0, 0.1) is 13.7 Å². The van der Waals surface area contributed by atoms with E-state index in [1.54, 1.807) is 6.07 Å². The Balaban J connectivity index is 1.41. The van der Waals surface area contributed by atoms with Crippen molar-refractivity contribution in [2.75, 3.05) is 4.90 Å². The highest BCUT2D eigenvalue weighted by molar-refractivity contribution is 5.97. The maximum atomic E-state index is 9.27. The molecule has 1 heteroatoms. The summed E-state index contributed by atoms with van der Waals surface area (Å²) in [5.74, 6) is 0. The first kappa shape index (κ1) is 16.8. The fourth-order valence-corrected chi connectivity index (χ4v) is 6.60. The van der Waals surface area contributed by atoms with Crippen LogP contribution in [0.25, 0.3) is 44.2 Å². The smallest absolute Gasteiger partial charge is 0.0632 e. The van der Waals surface area contributed by atoms with Crippen molar-refractivity contribution in [3.8, 4) is 33.4 Å². The van der Waals surface area contributed by atoms with Crippen molar-refractivity contribution in [2.45, 2.75) is 32.8 Å². The van der Waals surface area contributed by atoms with Gasteiger partial charge in [0.15, 0.2) is 0 Å². The Bertz CT molecular complexity index is 2740. The molecule has 0 fully saturated rings. The van der Waals surface area contributed by atoms with Gasteiger partial charge in [-0.15, -0.1) is 0 Å². The molecule has 0 heterocycles. The molecule has 0 atom stereocenters. The summed E-state index contributed by atoms with van der Waals surface area (Å²) in [6.45, 7) is -13.4. The zero-order valence-corrected chi connectivity index (χ0v) is 24.7. The Kier molecular flexibility index (Phi) is 3.97. The maximum Gasteiger partial charge on any atom is 0.0632 e. The van der Waals surface area contributed by atoms with Gasteiger partial charge in [-0.2, -0.15) is 0 Å². The molecule has 1 aliphatic rings. The molecule has 1 nitrogen and oxygen atoms in total. The molecule has 0 saturated carbocycles. The lowest BCUT2D eigenvalue weighted by Gasteiger charge is -2.27. The van der Waals surface area contributed by atoms with Crippen molar-refractivity contribution in [2.24, 2.45) is 0 Å². The van der Waals surface area contributed by atoms with E-state index in [1.807, 2.05) is 120 Å². The van der Waals surface area contributed by atoms with Crippen LogP contribution in [0.2, 0.25) is 0 Å². The van der Waals surface area contributed by atoms with Crippen molar-refractivity contribution in [1.82, 2.24) is 0 Å². The summed E-state index contributed by atoms with van der Waals surface area (Å²) in [4.78, 5) is 1.87. The number of anilines is 3. The molecule has 0 aliphatic heterocycles. The van der Waals surface area contributed by atoms with Crippen LogP contribution < -0.4 is 4.90 Å². The van der Waals surface area contributed by atoms with E-state index in [4.69, 9.17) is 17.8 Å². The van der Waals surface area contributed by atoms with E-state index >= 15 is 0 Å². The molecule has 0 spiro atoms. The molecule has 7 aromatic carbocycles. The second-order valence-corrected chi connectivity index (χ2v) is 11.6. The summed E-state index contributed by atoms with van der Waals surface area (Å²) in [5, 5.41) is 2.15. The summed E-state index contributed by atoms with van der Waals surface area (Å²) >= 11 is 0. The third-order valence-electron chi connectivity index (χ3n) is 8.77. The maximum absolute atomic E-state index is 9.27. The van der Waals surface area contributed by atoms with Gasteiger partial charge in [-0.3, -0.25) is 0 Å². The Labute approximate surface area is 292 Å². The van der Waals surface area contributed by atoms with Crippen molar-refractivity contribution >= 4 is 27.8 Å². The van der Waals surface area contributed by atoms with Gasteiger partial charge in [0.1, 0.15) is 0 Å². The molecular weight excluding hydrogens is 555 g/mol. The second-order valence-electron chi connectivity index (χ2n) is 11.6. The molecular formula is C45H37N. The number of nitrogens with zero attached hydrogens (tertiary/aromatic N) is 1. The average molecular weight is 606 g/mol. The van der Waals surface area contributed by atoms with Crippen LogP contribution >= 0.6 is 0 Å². The lowest BCUT2D eigenvalue weighted by Crippen LogP contribution is -2.17. The average Bonchev–Trinajstić information content (AvgIpc) is 3.50. The van der Waals surface area contributed by atoms with E-state index in [2.05, 4.69) is 6.07 Å². The minimum Gasteiger partial charge on any atom is -0.310 e. The first-order valence-electron chi connectivity index (χ1n) is 22.0. The van der Waals surface area contributed by atoms with E-state index in [1.165, 1.54) is 12.1 Å². The van der Waals surface area contributed by atoms with Gasteiger partial charge in [-0.1, -0.05) is 134 Å². The topological polar surface area (TPSA) is 3.24 Å². The first-order valence-corrected chi connectivity index (χ1v) is 15.0. The fourth-order valence-electron chi connectivity index (χ4n) is 6.60. The predicted molar refractivity (Wildman–Crippen MR) is 197 cm³/mol. The Hall–Kier alpha value is -5.40. The molecule has 0 radical (unpaired) electrons. The SMILES string of the molecule is [2H]c1c2c(c(C([2H])([2H])[2H])c([2H])c1C([2H])([2H])[2H])C(C([2H])([2H])[2H])(C([2H])([2H])[2H])c1ccc(N(c3ccc(-c4ccccc4)cc3)c3ccc(-c4cccc5ccccc45)cc3)cc1-2. The Morgan fingerprint density at radius 3 is 1.96 bits per heavy atom. The van der Waals surface area contributed by atoms with E-state index < -0.39 is 67.2 Å². The first-order chi connectivity index (χ1) is 28.2. The van der Waals surface area contributed by atoms with Crippen molar-refractivity contribution in [3.63, 3.8) is 0 Å². The number of fused-ring (bicyclic) bond motifs is 4. The molecule has 1 aliphatic carbocycles. The highest BCUT2D eigenvalue weighted by Crippen LogP contribution is 2.52. The van der Waals surface area contributed by atoms with Gasteiger partial charge in [0.05, 0.1) is 2.74 Å². The van der Waals surface area contributed by atoms with Crippen LogP contribution in [0.3, 0.4) is 0 Å². The molecule has 46 heavy (non-hydrogen) atoms. The van der Waals surface area contributed by atoms with Gasteiger partial charge in [-0.25, -0.2) is 0 Å². The highest BCUT2D eigenvalue weighted by Gasteiger charge is 2.37. The standard InChI is InChI=1S/C45H37N/c1-30-27-31(2)44-42(28-30)41-29-38(25-26-43(41)45(44,3)4)46(36-21-17-33(18-22-36)32-11-6-5-7-12-32)37-23-19-35(20-24-37)40-16-10-14-34-13-8-9-15-39(34)40/h5-29H,1-4H3/i1D3,2D3,3D3,4D3,27D,28D. The quantitative estimate of drug-likeness (QED) is 0.189. The van der Waals surface area contributed by atoms with Gasteiger partial charge in [-0.05, 0) is 111 Å². The van der Waals surface area contributed by atoms with Crippen LogP contribution in [-0.2, 0) is 5.41 Å². The molecule has 0 N–H and O–H groups in total. The molecule has 0 aromatic heterocycles. The number of benzene rings is 7. The number of hydrogen-bond acceptors (Lipinski definition) is 1. The Morgan fingerprint density at radius 1 is 0.543 bits per heavy atom. The summed E-state index contributed by atoms with van der Waals surface area (Å²) in [7, 11) is 0. The van der Waals surface area contributed by atoms with Crippen molar-refractivity contribution < 1.29 is 19.2 Å². The van der Waals surface area contributed by atoms with Gasteiger partial charge < -0.3 is 4.90 Å². The number of hydrogen-bond donors (Lipinski definition) is 0. The van der Waals surface area contributed by atoms with Crippen molar-refractivity contribution in [1.29, 1.82) is 0 Å². The van der Waals surface area contributed by atoms with Crippen LogP contribution in [-0.4, -0.2) is 0 Å². The molecule has 222 valence electrons. The lowest BCUT2D eigenvalue weighted by atomic mass is 9.80. The second kappa shape index (κ2) is 10.9. The third kappa shape index (κ3) is 4.63. The molecule has 0 saturated heterocycles. The van der Waals surface area contributed by atoms with Crippen LogP contribution in [0.1, 0.15) is 55.1 Å². The van der Waals surface area contributed by atoms with Crippen molar-refractivity contribution in [3.05, 3.63) is 174 Å². The molecule has 7 aromatic rings. The minimum absolute atomic E-state index is 0.117. The monoisotopic (exact) mass is 605 g/mol. The summed E-state index contributed by atoms with van der Waals surface area (Å²) in [5.41, 5.74) is -1.02. The summed E-state index contributed by atoms with van der Waals surface area (Å²) < 4.78 is 121. The summed E-state index contributed by atoms with van der Waals surface area (Å²) in [6.07, 6.45) is 0. The lowest BCUT2D eigenvalue weighted by molar-refractivity contribution is 0.655. The normalized spacial score (nSPS) is 18.5. The van der Waals surface area contributed by atoms with Crippen LogP contribution in [0.5, 0.6) is 0 Å². The van der Waals surface area contributed by atoms with E-state index in [0.717, 1.165) is 33.0 Å². The molecule has 0 amide bonds.